The summed E-state index contributed by atoms with van der Waals surface area (Å²) >= 11 is 0. The number of rotatable bonds is 4. The zero-order valence-electron chi connectivity index (χ0n) is 15.8. The number of amides is 1. The molecule has 1 amide bonds. The summed E-state index contributed by atoms with van der Waals surface area (Å²) in [5, 5.41) is 11.3. The molecule has 10 heteroatoms. The van der Waals surface area contributed by atoms with Gasteiger partial charge in [-0.2, -0.15) is 9.97 Å². The van der Waals surface area contributed by atoms with Crippen LogP contribution in [0.3, 0.4) is 0 Å². The second-order valence-electron chi connectivity index (χ2n) is 7.91. The highest BCUT2D eigenvalue weighted by Crippen LogP contribution is 2.44. The van der Waals surface area contributed by atoms with Gasteiger partial charge in [0.25, 0.3) is 0 Å². The van der Waals surface area contributed by atoms with Crippen LogP contribution < -0.4 is 4.74 Å². The Morgan fingerprint density at radius 3 is 2.52 bits per heavy atom. The van der Waals surface area contributed by atoms with Crippen LogP contribution in [-0.2, 0) is 4.74 Å². The zero-order valence-corrected chi connectivity index (χ0v) is 15.8. The highest BCUT2D eigenvalue weighted by molar-refractivity contribution is 5.68. The number of hydrogen-bond acceptors (Lipinski definition) is 7. The first-order valence-electron chi connectivity index (χ1n) is 8.86. The second kappa shape index (κ2) is 6.90. The zero-order chi connectivity index (χ0) is 19.9. The van der Waals surface area contributed by atoms with Gasteiger partial charge in [-0.3, -0.25) is 10.1 Å². The van der Waals surface area contributed by atoms with Gasteiger partial charge in [-0.15, -0.1) is 0 Å². The van der Waals surface area contributed by atoms with E-state index < -0.39 is 28.9 Å². The lowest BCUT2D eigenvalue weighted by Crippen LogP contribution is -2.36. The Balaban J connectivity index is 1.74. The smallest absolute Gasteiger partial charge is 0.410 e. The van der Waals surface area contributed by atoms with E-state index in [0.717, 1.165) is 12.8 Å². The molecule has 1 saturated heterocycles. The molecule has 0 bridgehead atoms. The van der Waals surface area contributed by atoms with E-state index in [4.69, 9.17) is 9.47 Å². The molecular weight excluding hydrogens is 359 g/mol. The van der Waals surface area contributed by atoms with Crippen molar-refractivity contribution < 1.29 is 23.6 Å². The molecule has 1 aliphatic carbocycles. The van der Waals surface area contributed by atoms with Crippen LogP contribution in [0.1, 0.15) is 50.9 Å². The molecule has 2 fully saturated rings. The van der Waals surface area contributed by atoms with Crippen LogP contribution in [0.15, 0.2) is 0 Å². The molecule has 0 unspecified atom stereocenters. The fourth-order valence-corrected chi connectivity index (χ4v) is 2.94. The quantitative estimate of drug-likeness (QED) is 0.582. The minimum absolute atomic E-state index is 0.00572. The molecule has 1 aromatic rings. The van der Waals surface area contributed by atoms with Crippen molar-refractivity contribution in [3.05, 3.63) is 21.5 Å². The van der Waals surface area contributed by atoms with Gasteiger partial charge in [-0.05, 0) is 40.5 Å². The molecule has 0 aromatic carbocycles. The van der Waals surface area contributed by atoms with Crippen molar-refractivity contribution in [1.82, 2.24) is 14.9 Å². The van der Waals surface area contributed by atoms with Gasteiger partial charge in [0.05, 0.1) is 18.0 Å². The Bertz CT molecular complexity index is 762. The number of carbonyl (C=O) groups is 1. The van der Waals surface area contributed by atoms with Crippen LogP contribution in [0, 0.1) is 17.0 Å². The molecule has 0 spiro atoms. The minimum Gasteiger partial charge on any atom is -0.455 e. The van der Waals surface area contributed by atoms with Gasteiger partial charge in [-0.1, -0.05) is 0 Å². The summed E-state index contributed by atoms with van der Waals surface area (Å²) in [4.78, 5) is 32.3. The van der Waals surface area contributed by atoms with Crippen molar-refractivity contribution in [3.8, 4) is 6.01 Å². The first-order chi connectivity index (χ1) is 12.5. The molecule has 148 valence electrons. The van der Waals surface area contributed by atoms with Crippen LogP contribution in [0.2, 0.25) is 0 Å². The number of ether oxygens (including phenoxy) is 2. The van der Waals surface area contributed by atoms with E-state index in [2.05, 4.69) is 9.97 Å². The van der Waals surface area contributed by atoms with Crippen molar-refractivity contribution in [2.45, 2.75) is 64.3 Å². The Hall–Kier alpha value is -2.52. The molecule has 1 aromatic heterocycles. The van der Waals surface area contributed by atoms with Crippen molar-refractivity contribution in [1.29, 1.82) is 0 Å². The molecule has 2 heterocycles. The van der Waals surface area contributed by atoms with E-state index in [1.165, 1.54) is 11.8 Å². The van der Waals surface area contributed by atoms with Crippen LogP contribution in [0.25, 0.3) is 0 Å². The number of hydrogen-bond donors (Lipinski definition) is 0. The fraction of sp³-hybridized carbons (Fsp3) is 0.706. The molecule has 9 nitrogen and oxygen atoms in total. The van der Waals surface area contributed by atoms with Crippen LogP contribution >= 0.6 is 0 Å². The monoisotopic (exact) mass is 382 g/mol. The number of alkyl halides is 1. The van der Waals surface area contributed by atoms with E-state index >= 15 is 0 Å². The third kappa shape index (κ3) is 4.42. The number of halogens is 1. The summed E-state index contributed by atoms with van der Waals surface area (Å²) in [6, 6.07) is -0.0984. The third-order valence-electron chi connectivity index (χ3n) is 4.32. The number of nitrogens with zero attached hydrogens (tertiary/aromatic N) is 4. The summed E-state index contributed by atoms with van der Waals surface area (Å²) in [5.74, 6) is 0.0115. The average molecular weight is 382 g/mol. The third-order valence-corrected chi connectivity index (χ3v) is 4.32. The molecule has 27 heavy (non-hydrogen) atoms. The molecule has 1 aliphatic heterocycles. The molecule has 2 atom stereocenters. The van der Waals surface area contributed by atoms with E-state index in [0.29, 0.717) is 5.69 Å². The van der Waals surface area contributed by atoms with Gasteiger partial charge in [0.1, 0.15) is 17.0 Å². The molecule has 0 N–H and O–H groups in total. The topological polar surface area (TPSA) is 108 Å². The van der Waals surface area contributed by atoms with E-state index in [9.17, 15) is 19.3 Å². The lowest BCUT2D eigenvalue weighted by atomic mass is 10.2. The number of likely N-dealkylation sites (tertiary alicyclic amines) is 1. The summed E-state index contributed by atoms with van der Waals surface area (Å²) in [5.41, 5.74) is -0.271. The Labute approximate surface area is 156 Å². The van der Waals surface area contributed by atoms with Gasteiger partial charge in [0, 0.05) is 5.92 Å². The average Bonchev–Trinajstić information content (AvgIpc) is 3.29. The van der Waals surface area contributed by atoms with Gasteiger partial charge in [-0.25, -0.2) is 9.18 Å². The molecular formula is C17H23FN4O5. The van der Waals surface area contributed by atoms with Crippen LogP contribution in [-0.4, -0.2) is 56.9 Å². The fourth-order valence-electron chi connectivity index (χ4n) is 2.94. The van der Waals surface area contributed by atoms with Crippen molar-refractivity contribution in [3.63, 3.8) is 0 Å². The highest BCUT2D eigenvalue weighted by Gasteiger charge is 2.40. The van der Waals surface area contributed by atoms with E-state index in [1.807, 2.05) is 0 Å². The molecule has 3 rings (SSSR count). The van der Waals surface area contributed by atoms with Gasteiger partial charge < -0.3 is 14.4 Å². The Kier molecular flexibility index (Phi) is 4.92. The second-order valence-corrected chi connectivity index (χ2v) is 7.91. The van der Waals surface area contributed by atoms with Crippen molar-refractivity contribution in [2.24, 2.45) is 0 Å². The highest BCUT2D eigenvalue weighted by atomic mass is 19.1. The van der Waals surface area contributed by atoms with Crippen LogP contribution in [0.4, 0.5) is 14.9 Å². The normalized spacial score (nSPS) is 22.6. The lowest BCUT2D eigenvalue weighted by molar-refractivity contribution is -0.386. The Morgan fingerprint density at radius 1 is 1.30 bits per heavy atom. The van der Waals surface area contributed by atoms with Gasteiger partial charge >= 0.3 is 17.8 Å². The summed E-state index contributed by atoms with van der Waals surface area (Å²) in [6.45, 7) is 6.54. The van der Waals surface area contributed by atoms with E-state index in [1.54, 1.807) is 20.8 Å². The first-order valence-corrected chi connectivity index (χ1v) is 8.86. The molecule has 0 radical (unpaired) electrons. The predicted molar refractivity (Wildman–Crippen MR) is 92.5 cm³/mol. The standard InChI is InChI=1S/C17H23FN4O5/c1-9-14(22(24)25)13(10-5-6-10)20-15(19-9)26-12-8-21(7-11(12)18)16(23)27-17(2,3)4/h10-12H,5-8H2,1-4H3/t11-,12+/m1/s1. The molecule has 2 aliphatic rings. The van der Waals surface area contributed by atoms with Crippen molar-refractivity contribution >= 4 is 11.8 Å². The number of carbonyl (C=O) groups excluding carboxylic acids is 1. The summed E-state index contributed by atoms with van der Waals surface area (Å²) in [7, 11) is 0. The largest absolute Gasteiger partial charge is 0.455 e. The minimum atomic E-state index is -1.43. The van der Waals surface area contributed by atoms with E-state index in [-0.39, 0.29) is 36.4 Å². The summed E-state index contributed by atoms with van der Waals surface area (Å²) in [6.07, 6.45) is -1.36. The summed E-state index contributed by atoms with van der Waals surface area (Å²) < 4.78 is 25.2. The molecule has 1 saturated carbocycles. The predicted octanol–water partition coefficient (Wildman–Crippen LogP) is 2.91. The van der Waals surface area contributed by atoms with Crippen molar-refractivity contribution in [2.75, 3.05) is 13.1 Å². The number of aromatic nitrogens is 2. The lowest BCUT2D eigenvalue weighted by Gasteiger charge is -2.24. The van der Waals surface area contributed by atoms with Gasteiger partial charge in [0.2, 0.25) is 0 Å². The number of nitro groups is 1. The maximum atomic E-state index is 14.4. The Morgan fingerprint density at radius 2 is 1.96 bits per heavy atom. The number of aryl methyl sites for hydroxylation is 1. The van der Waals surface area contributed by atoms with Crippen LogP contribution in [0.5, 0.6) is 6.01 Å². The van der Waals surface area contributed by atoms with Gasteiger partial charge in [0.15, 0.2) is 12.3 Å². The maximum Gasteiger partial charge on any atom is 0.410 e. The maximum absolute atomic E-state index is 14.4. The first kappa shape index (κ1) is 19.2. The SMILES string of the molecule is Cc1nc(O[C@H]2CN(C(=O)OC(C)(C)C)C[C@H]2F)nc(C2CC2)c1[N+](=O)[O-].